The predicted octanol–water partition coefficient (Wildman–Crippen LogP) is 3.59. The van der Waals surface area contributed by atoms with Crippen LogP contribution in [0.3, 0.4) is 0 Å². The molecule has 0 radical (unpaired) electrons. The summed E-state index contributed by atoms with van der Waals surface area (Å²) >= 11 is 1.29. The Morgan fingerprint density at radius 2 is 2.05 bits per heavy atom. The van der Waals surface area contributed by atoms with Crippen LogP contribution in [-0.4, -0.2) is 9.91 Å². The van der Waals surface area contributed by atoms with Crippen molar-refractivity contribution in [3.05, 3.63) is 52.3 Å². The monoisotopic (exact) mass is 289 g/mol. The average Bonchev–Trinajstić information content (AvgIpc) is 2.80. The fourth-order valence-electron chi connectivity index (χ4n) is 1.87. The van der Waals surface area contributed by atoms with Crippen molar-refractivity contribution >= 4 is 32.9 Å². The van der Waals surface area contributed by atoms with Crippen LogP contribution < -0.4 is 5.73 Å². The van der Waals surface area contributed by atoms with Gasteiger partial charge in [-0.2, -0.15) is 0 Å². The van der Waals surface area contributed by atoms with Gasteiger partial charge in [0.25, 0.3) is 5.69 Å². The number of non-ortho nitro benzene ring substituents is 1. The number of nitrogens with zero attached hydrogens (tertiary/aromatic N) is 2. The summed E-state index contributed by atoms with van der Waals surface area (Å²) in [4.78, 5) is 14.5. The van der Waals surface area contributed by atoms with Crippen molar-refractivity contribution in [3.63, 3.8) is 0 Å². The number of nitrogen functional groups attached to an aromatic ring is 1. The van der Waals surface area contributed by atoms with Gasteiger partial charge in [-0.25, -0.2) is 9.37 Å². The highest BCUT2D eigenvalue weighted by atomic mass is 32.1. The fourth-order valence-corrected chi connectivity index (χ4v) is 2.91. The van der Waals surface area contributed by atoms with Crippen molar-refractivity contribution in [2.24, 2.45) is 0 Å². The Hall–Kier alpha value is -2.54. The molecule has 0 spiro atoms. The van der Waals surface area contributed by atoms with Gasteiger partial charge in [-0.1, -0.05) is 0 Å². The largest absolute Gasteiger partial charge is 0.398 e. The number of nitro groups is 1. The number of halogens is 1. The lowest BCUT2D eigenvalue weighted by Crippen LogP contribution is -1.93. The van der Waals surface area contributed by atoms with Crippen molar-refractivity contribution in [1.82, 2.24) is 4.98 Å². The van der Waals surface area contributed by atoms with Gasteiger partial charge in [-0.15, -0.1) is 11.3 Å². The molecule has 0 aliphatic carbocycles. The summed E-state index contributed by atoms with van der Waals surface area (Å²) in [5.41, 5.74) is 7.32. The molecular weight excluding hydrogens is 281 g/mol. The Morgan fingerprint density at radius 3 is 2.75 bits per heavy atom. The summed E-state index contributed by atoms with van der Waals surface area (Å²) in [5, 5.41) is 11.3. The van der Waals surface area contributed by atoms with Gasteiger partial charge in [0, 0.05) is 23.4 Å². The molecule has 5 nitrogen and oxygen atoms in total. The number of hydrogen-bond acceptors (Lipinski definition) is 5. The minimum Gasteiger partial charge on any atom is -0.398 e. The molecule has 3 rings (SSSR count). The minimum atomic E-state index is -0.506. The Balaban J connectivity index is 2.13. The van der Waals surface area contributed by atoms with E-state index in [1.165, 1.54) is 35.6 Å². The number of aromatic nitrogens is 1. The van der Waals surface area contributed by atoms with Gasteiger partial charge in [0.1, 0.15) is 10.8 Å². The average molecular weight is 289 g/mol. The molecule has 100 valence electrons. The predicted molar refractivity (Wildman–Crippen MR) is 76.1 cm³/mol. The third-order valence-electron chi connectivity index (χ3n) is 2.83. The highest BCUT2D eigenvalue weighted by molar-refractivity contribution is 7.21. The first-order valence-electron chi connectivity index (χ1n) is 5.65. The van der Waals surface area contributed by atoms with E-state index in [0.29, 0.717) is 20.8 Å². The highest BCUT2D eigenvalue weighted by Gasteiger charge is 2.13. The fraction of sp³-hybridized carbons (Fsp3) is 0. The third kappa shape index (κ3) is 2.08. The zero-order valence-electron chi connectivity index (χ0n) is 10.0. The molecule has 2 aromatic carbocycles. The summed E-state index contributed by atoms with van der Waals surface area (Å²) in [5.74, 6) is -0.329. The molecule has 0 fully saturated rings. The first-order chi connectivity index (χ1) is 9.54. The summed E-state index contributed by atoms with van der Waals surface area (Å²) in [7, 11) is 0. The molecule has 1 aromatic heterocycles. The molecular formula is C13H8FN3O2S. The SMILES string of the molecule is Nc1cc([N+](=O)[O-])ccc1-c1nc2ccc(F)cc2s1. The molecule has 3 aromatic rings. The second-order valence-corrected chi connectivity index (χ2v) is 5.19. The Morgan fingerprint density at radius 1 is 1.25 bits per heavy atom. The molecule has 0 aliphatic rings. The van der Waals surface area contributed by atoms with Gasteiger partial charge in [-0.3, -0.25) is 10.1 Å². The number of rotatable bonds is 2. The maximum Gasteiger partial charge on any atom is 0.271 e. The summed E-state index contributed by atoms with van der Waals surface area (Å²) in [6.45, 7) is 0. The van der Waals surface area contributed by atoms with E-state index in [1.807, 2.05) is 0 Å². The number of fused-ring (bicyclic) bond motifs is 1. The van der Waals surface area contributed by atoms with Crippen molar-refractivity contribution in [2.75, 3.05) is 5.73 Å². The molecule has 1 heterocycles. The topological polar surface area (TPSA) is 82.0 Å². The first-order valence-corrected chi connectivity index (χ1v) is 6.46. The van der Waals surface area contributed by atoms with Gasteiger partial charge in [0.05, 0.1) is 15.1 Å². The summed E-state index contributed by atoms with van der Waals surface area (Å²) in [6, 6.07) is 8.55. The number of anilines is 1. The van der Waals surface area contributed by atoms with Crippen molar-refractivity contribution in [3.8, 4) is 10.6 Å². The van der Waals surface area contributed by atoms with Crippen LogP contribution in [0.5, 0.6) is 0 Å². The van der Waals surface area contributed by atoms with Crippen LogP contribution in [0.4, 0.5) is 15.8 Å². The van der Waals surface area contributed by atoms with Gasteiger partial charge in [-0.05, 0) is 24.3 Å². The lowest BCUT2D eigenvalue weighted by molar-refractivity contribution is -0.384. The van der Waals surface area contributed by atoms with E-state index in [2.05, 4.69) is 4.98 Å². The smallest absolute Gasteiger partial charge is 0.271 e. The number of nitro benzene ring substituents is 1. The van der Waals surface area contributed by atoms with E-state index in [4.69, 9.17) is 5.73 Å². The first kappa shape index (κ1) is 12.5. The van der Waals surface area contributed by atoms with Crippen molar-refractivity contribution < 1.29 is 9.31 Å². The van der Waals surface area contributed by atoms with Crippen LogP contribution in [-0.2, 0) is 0 Å². The molecule has 20 heavy (non-hydrogen) atoms. The molecule has 2 N–H and O–H groups in total. The van der Waals surface area contributed by atoms with Gasteiger partial charge >= 0.3 is 0 Å². The van der Waals surface area contributed by atoms with Gasteiger partial charge in [0.2, 0.25) is 0 Å². The standard InChI is InChI=1S/C13H8FN3O2S/c14-7-1-4-11-12(5-7)20-13(16-11)9-3-2-8(17(18)19)6-10(9)15/h1-6H,15H2. The van der Waals surface area contributed by atoms with Crippen LogP contribution in [0, 0.1) is 15.9 Å². The highest BCUT2D eigenvalue weighted by Crippen LogP contribution is 2.35. The van der Waals surface area contributed by atoms with E-state index in [0.717, 1.165) is 0 Å². The van der Waals surface area contributed by atoms with E-state index in [-0.39, 0.29) is 17.2 Å². The van der Waals surface area contributed by atoms with E-state index >= 15 is 0 Å². The van der Waals surface area contributed by atoms with Gasteiger partial charge in [0.15, 0.2) is 0 Å². The molecule has 0 atom stereocenters. The Bertz CT molecular complexity index is 832. The van der Waals surface area contributed by atoms with Crippen LogP contribution in [0.15, 0.2) is 36.4 Å². The molecule has 0 saturated carbocycles. The zero-order valence-corrected chi connectivity index (χ0v) is 10.9. The lowest BCUT2D eigenvalue weighted by atomic mass is 10.1. The molecule has 0 amide bonds. The molecule has 0 saturated heterocycles. The maximum absolute atomic E-state index is 13.1. The Kier molecular flexibility index (Phi) is 2.83. The second kappa shape index (κ2) is 4.53. The van der Waals surface area contributed by atoms with Crippen molar-refractivity contribution in [1.29, 1.82) is 0 Å². The van der Waals surface area contributed by atoms with Gasteiger partial charge < -0.3 is 5.73 Å². The molecule has 0 unspecified atom stereocenters. The normalized spacial score (nSPS) is 10.8. The lowest BCUT2D eigenvalue weighted by Gasteiger charge is -2.01. The quantitative estimate of drug-likeness (QED) is 0.444. The Labute approximate surface area is 116 Å². The molecule has 0 bridgehead atoms. The summed E-state index contributed by atoms with van der Waals surface area (Å²) < 4.78 is 13.9. The van der Waals surface area contributed by atoms with Crippen LogP contribution in [0.1, 0.15) is 0 Å². The second-order valence-electron chi connectivity index (χ2n) is 4.16. The van der Waals surface area contributed by atoms with Crippen LogP contribution in [0.25, 0.3) is 20.8 Å². The number of thiazole rings is 1. The minimum absolute atomic E-state index is 0.0709. The summed E-state index contributed by atoms with van der Waals surface area (Å²) in [6.07, 6.45) is 0. The maximum atomic E-state index is 13.1. The molecule has 7 heteroatoms. The van der Waals surface area contributed by atoms with E-state index in [1.54, 1.807) is 12.1 Å². The van der Waals surface area contributed by atoms with E-state index in [9.17, 15) is 14.5 Å². The third-order valence-corrected chi connectivity index (χ3v) is 3.88. The number of nitrogens with two attached hydrogens (primary N) is 1. The molecule has 0 aliphatic heterocycles. The van der Waals surface area contributed by atoms with Crippen molar-refractivity contribution in [2.45, 2.75) is 0 Å². The number of hydrogen-bond donors (Lipinski definition) is 1. The van der Waals surface area contributed by atoms with Crippen LogP contribution in [0.2, 0.25) is 0 Å². The van der Waals surface area contributed by atoms with E-state index < -0.39 is 4.92 Å². The zero-order chi connectivity index (χ0) is 14.3. The van der Waals surface area contributed by atoms with Crippen LogP contribution >= 0.6 is 11.3 Å². The number of benzene rings is 2.